The summed E-state index contributed by atoms with van der Waals surface area (Å²) in [6.07, 6.45) is 4.50. The number of ether oxygens (including phenoxy) is 1. The van der Waals surface area contributed by atoms with Crippen molar-refractivity contribution in [1.82, 2.24) is 4.90 Å². The second-order valence-corrected chi connectivity index (χ2v) is 5.04. The largest absolute Gasteiger partial charge is 0.379 e. The fourth-order valence-electron chi connectivity index (χ4n) is 3.24. The predicted octanol–water partition coefficient (Wildman–Crippen LogP) is 1.51. The lowest BCUT2D eigenvalue weighted by Gasteiger charge is -2.38. The van der Waals surface area contributed by atoms with E-state index in [4.69, 9.17) is 4.74 Å². The SMILES string of the molecule is CC1COCCN1C1CC2CC2C1. The van der Waals surface area contributed by atoms with Crippen LogP contribution in [-0.2, 0) is 4.74 Å². The molecule has 2 saturated carbocycles. The van der Waals surface area contributed by atoms with Gasteiger partial charge in [-0.15, -0.1) is 0 Å². The molecule has 2 aliphatic carbocycles. The topological polar surface area (TPSA) is 12.5 Å². The summed E-state index contributed by atoms with van der Waals surface area (Å²) in [5, 5.41) is 0. The van der Waals surface area contributed by atoms with Gasteiger partial charge < -0.3 is 4.74 Å². The van der Waals surface area contributed by atoms with E-state index in [1.54, 1.807) is 0 Å². The fraction of sp³-hybridized carbons (Fsp3) is 1.00. The van der Waals surface area contributed by atoms with Crippen molar-refractivity contribution < 1.29 is 4.74 Å². The zero-order valence-corrected chi connectivity index (χ0v) is 8.41. The summed E-state index contributed by atoms with van der Waals surface area (Å²) in [4.78, 5) is 2.69. The normalized spacial score (nSPS) is 50.5. The van der Waals surface area contributed by atoms with E-state index in [-0.39, 0.29) is 0 Å². The Labute approximate surface area is 80.2 Å². The molecule has 0 amide bonds. The highest BCUT2D eigenvalue weighted by atomic mass is 16.5. The molecule has 0 aromatic rings. The molecule has 2 heteroatoms. The van der Waals surface area contributed by atoms with Gasteiger partial charge in [0.05, 0.1) is 13.2 Å². The second-order valence-electron chi connectivity index (χ2n) is 5.04. The minimum atomic E-state index is 0.663. The molecule has 0 aromatic carbocycles. The molecular formula is C11H19NO. The van der Waals surface area contributed by atoms with E-state index in [9.17, 15) is 0 Å². The highest BCUT2D eigenvalue weighted by Crippen LogP contribution is 2.53. The molecule has 0 radical (unpaired) electrons. The summed E-state index contributed by atoms with van der Waals surface area (Å²) in [5.74, 6) is 2.22. The molecule has 0 spiro atoms. The Morgan fingerprint density at radius 2 is 1.92 bits per heavy atom. The molecule has 3 unspecified atom stereocenters. The highest BCUT2D eigenvalue weighted by Gasteiger charge is 2.48. The third-order valence-electron chi connectivity index (χ3n) is 4.11. The minimum absolute atomic E-state index is 0.663. The molecule has 1 aliphatic heterocycles. The van der Waals surface area contributed by atoms with Crippen molar-refractivity contribution in [2.75, 3.05) is 19.8 Å². The first-order valence-corrected chi connectivity index (χ1v) is 5.68. The van der Waals surface area contributed by atoms with E-state index in [2.05, 4.69) is 11.8 Å². The maximum atomic E-state index is 5.47. The molecular weight excluding hydrogens is 162 g/mol. The van der Waals surface area contributed by atoms with Crippen LogP contribution in [0.15, 0.2) is 0 Å². The van der Waals surface area contributed by atoms with Crippen molar-refractivity contribution in [2.45, 2.75) is 38.3 Å². The summed E-state index contributed by atoms with van der Waals surface area (Å²) in [6.45, 7) is 5.39. The van der Waals surface area contributed by atoms with Gasteiger partial charge in [0.25, 0.3) is 0 Å². The molecule has 3 atom stereocenters. The summed E-state index contributed by atoms with van der Waals surface area (Å²) in [7, 11) is 0. The van der Waals surface area contributed by atoms with Crippen LogP contribution in [0.5, 0.6) is 0 Å². The van der Waals surface area contributed by atoms with Crippen LogP contribution in [0.2, 0.25) is 0 Å². The van der Waals surface area contributed by atoms with Gasteiger partial charge in [-0.3, -0.25) is 4.90 Å². The molecule has 3 rings (SSSR count). The van der Waals surface area contributed by atoms with Gasteiger partial charge in [0.1, 0.15) is 0 Å². The number of rotatable bonds is 1. The van der Waals surface area contributed by atoms with Crippen molar-refractivity contribution in [3.8, 4) is 0 Å². The average Bonchev–Trinajstić information content (AvgIpc) is 2.75. The molecule has 0 aromatic heterocycles. The average molecular weight is 181 g/mol. The van der Waals surface area contributed by atoms with Crippen LogP contribution in [0.3, 0.4) is 0 Å². The number of nitrogens with zero attached hydrogens (tertiary/aromatic N) is 1. The van der Waals surface area contributed by atoms with E-state index in [0.717, 1.165) is 31.1 Å². The van der Waals surface area contributed by atoms with Gasteiger partial charge in [-0.2, -0.15) is 0 Å². The quantitative estimate of drug-likeness (QED) is 0.608. The van der Waals surface area contributed by atoms with E-state index in [1.165, 1.54) is 25.8 Å². The molecule has 0 N–H and O–H groups in total. The number of hydrogen-bond acceptors (Lipinski definition) is 2. The maximum absolute atomic E-state index is 5.47. The van der Waals surface area contributed by atoms with Gasteiger partial charge in [0.2, 0.25) is 0 Å². The van der Waals surface area contributed by atoms with Gasteiger partial charge >= 0.3 is 0 Å². The zero-order chi connectivity index (χ0) is 8.84. The third kappa shape index (κ3) is 1.40. The molecule has 3 aliphatic rings. The lowest BCUT2D eigenvalue weighted by Crippen LogP contribution is -2.48. The van der Waals surface area contributed by atoms with Crippen LogP contribution in [-0.4, -0.2) is 36.7 Å². The van der Waals surface area contributed by atoms with Gasteiger partial charge in [-0.05, 0) is 38.0 Å². The Balaban J connectivity index is 1.63. The lowest BCUT2D eigenvalue weighted by molar-refractivity contribution is -0.0228. The highest BCUT2D eigenvalue weighted by molar-refractivity contribution is 5.00. The van der Waals surface area contributed by atoms with Gasteiger partial charge in [-0.1, -0.05) is 0 Å². The van der Waals surface area contributed by atoms with E-state index in [0.29, 0.717) is 6.04 Å². The molecule has 2 nitrogen and oxygen atoms in total. The first kappa shape index (κ1) is 8.25. The Bertz CT molecular complexity index is 196. The predicted molar refractivity (Wildman–Crippen MR) is 51.6 cm³/mol. The number of fused-ring (bicyclic) bond motifs is 1. The summed E-state index contributed by atoms with van der Waals surface area (Å²) in [5.41, 5.74) is 0. The van der Waals surface area contributed by atoms with Gasteiger partial charge in [0.15, 0.2) is 0 Å². The van der Waals surface area contributed by atoms with Crippen LogP contribution in [0, 0.1) is 11.8 Å². The van der Waals surface area contributed by atoms with Crippen LogP contribution >= 0.6 is 0 Å². The molecule has 3 fully saturated rings. The Morgan fingerprint density at radius 1 is 1.15 bits per heavy atom. The van der Waals surface area contributed by atoms with Crippen molar-refractivity contribution in [2.24, 2.45) is 11.8 Å². The lowest BCUT2D eigenvalue weighted by atomic mass is 10.1. The molecule has 0 bridgehead atoms. The monoisotopic (exact) mass is 181 g/mol. The van der Waals surface area contributed by atoms with E-state index in [1.807, 2.05) is 0 Å². The van der Waals surface area contributed by atoms with Crippen LogP contribution in [0.25, 0.3) is 0 Å². The number of morpholine rings is 1. The summed E-state index contributed by atoms with van der Waals surface area (Å²) in [6, 6.07) is 1.57. The minimum Gasteiger partial charge on any atom is -0.379 e. The first-order chi connectivity index (χ1) is 6.34. The van der Waals surface area contributed by atoms with Crippen LogP contribution in [0.1, 0.15) is 26.2 Å². The zero-order valence-electron chi connectivity index (χ0n) is 8.41. The van der Waals surface area contributed by atoms with E-state index < -0.39 is 0 Å². The standard InChI is InChI=1S/C11H19NO/c1-8-7-13-3-2-12(8)11-5-9-4-10(9)6-11/h8-11H,2-7H2,1H3. The van der Waals surface area contributed by atoms with E-state index >= 15 is 0 Å². The molecule has 1 heterocycles. The molecule has 74 valence electrons. The molecule has 13 heavy (non-hydrogen) atoms. The van der Waals surface area contributed by atoms with Crippen molar-refractivity contribution >= 4 is 0 Å². The third-order valence-corrected chi connectivity index (χ3v) is 4.11. The number of hydrogen-bond donors (Lipinski definition) is 0. The molecule has 1 saturated heterocycles. The van der Waals surface area contributed by atoms with Crippen LogP contribution in [0.4, 0.5) is 0 Å². The van der Waals surface area contributed by atoms with Crippen molar-refractivity contribution in [3.63, 3.8) is 0 Å². The summed E-state index contributed by atoms with van der Waals surface area (Å²) < 4.78 is 5.47. The Morgan fingerprint density at radius 3 is 2.62 bits per heavy atom. The maximum Gasteiger partial charge on any atom is 0.0619 e. The van der Waals surface area contributed by atoms with Gasteiger partial charge in [-0.25, -0.2) is 0 Å². The van der Waals surface area contributed by atoms with Crippen LogP contribution < -0.4 is 0 Å². The van der Waals surface area contributed by atoms with Gasteiger partial charge in [0, 0.05) is 18.6 Å². The Hall–Kier alpha value is -0.0800. The van der Waals surface area contributed by atoms with Crippen molar-refractivity contribution in [3.05, 3.63) is 0 Å². The summed E-state index contributed by atoms with van der Waals surface area (Å²) >= 11 is 0. The Kier molecular flexibility index (Phi) is 1.88. The first-order valence-electron chi connectivity index (χ1n) is 5.68. The van der Waals surface area contributed by atoms with Crippen molar-refractivity contribution in [1.29, 1.82) is 0 Å². The second kappa shape index (κ2) is 2.96. The smallest absolute Gasteiger partial charge is 0.0619 e. The fourth-order valence-corrected chi connectivity index (χ4v) is 3.24.